The summed E-state index contributed by atoms with van der Waals surface area (Å²) in [5.74, 6) is -0.608. The van der Waals surface area contributed by atoms with E-state index >= 15 is 0 Å². The Balaban J connectivity index is 1.51. The van der Waals surface area contributed by atoms with Gasteiger partial charge in [-0.05, 0) is 29.8 Å². The first-order valence-electron chi connectivity index (χ1n) is 9.62. The summed E-state index contributed by atoms with van der Waals surface area (Å²) in [6, 6.07) is 16.2. The van der Waals surface area contributed by atoms with Gasteiger partial charge in [-0.15, -0.1) is 11.3 Å². The number of anilines is 1. The zero-order valence-corrected chi connectivity index (χ0v) is 19.0. The van der Waals surface area contributed by atoms with Crippen molar-refractivity contribution < 1.29 is 14.3 Å². The number of amides is 1. The van der Waals surface area contributed by atoms with Gasteiger partial charge in [0.2, 0.25) is 5.91 Å². The molecular weight excluding hydrogens is 446 g/mol. The predicted octanol–water partition coefficient (Wildman–Crippen LogP) is 4.18. The summed E-state index contributed by atoms with van der Waals surface area (Å²) in [7, 11) is 2.97. The molecule has 32 heavy (non-hydrogen) atoms. The minimum absolute atomic E-state index is 0.0787. The van der Waals surface area contributed by atoms with Gasteiger partial charge in [0.1, 0.15) is 4.70 Å². The Hall–Kier alpha value is -3.43. The largest absolute Gasteiger partial charge is 0.465 e. The molecule has 0 saturated carbocycles. The molecule has 0 bridgehead atoms. The number of nitrogens with one attached hydrogen (secondary N) is 1. The second-order valence-corrected chi connectivity index (χ2v) is 8.68. The molecule has 7 nitrogen and oxygen atoms in total. The smallest absolute Gasteiger partial charge is 0.337 e. The van der Waals surface area contributed by atoms with E-state index in [1.807, 2.05) is 35.7 Å². The van der Waals surface area contributed by atoms with Crippen LogP contribution in [0.3, 0.4) is 0 Å². The molecule has 1 amide bonds. The lowest BCUT2D eigenvalue weighted by atomic mass is 10.1. The van der Waals surface area contributed by atoms with Crippen molar-refractivity contribution in [3.63, 3.8) is 0 Å². The van der Waals surface area contributed by atoms with Crippen LogP contribution in [0.15, 0.2) is 69.9 Å². The quantitative estimate of drug-likeness (QED) is 0.261. The molecule has 1 N–H and O–H groups in total. The molecule has 0 aliphatic heterocycles. The average Bonchev–Trinajstić information content (AvgIpc) is 3.25. The fraction of sp³-hybridized carbons (Fsp3) is 0.130. The molecular formula is C23H19N3O4S2. The number of methoxy groups -OCH3 is 1. The molecule has 4 aromatic rings. The van der Waals surface area contributed by atoms with Crippen LogP contribution in [0.25, 0.3) is 21.3 Å². The number of hydrogen-bond acceptors (Lipinski definition) is 7. The number of benzene rings is 2. The van der Waals surface area contributed by atoms with Gasteiger partial charge in [-0.2, -0.15) is 0 Å². The highest BCUT2D eigenvalue weighted by molar-refractivity contribution is 7.99. The fourth-order valence-corrected chi connectivity index (χ4v) is 4.86. The van der Waals surface area contributed by atoms with Crippen molar-refractivity contribution in [3.05, 3.63) is 75.9 Å². The van der Waals surface area contributed by atoms with Crippen LogP contribution in [0.4, 0.5) is 5.69 Å². The number of aromatic nitrogens is 2. The van der Waals surface area contributed by atoms with Gasteiger partial charge in [-0.1, -0.05) is 42.1 Å². The molecule has 2 aromatic carbocycles. The highest BCUT2D eigenvalue weighted by atomic mass is 32.2. The highest BCUT2D eigenvalue weighted by Gasteiger charge is 2.16. The number of esters is 1. The monoisotopic (exact) mass is 465 g/mol. The van der Waals surface area contributed by atoms with Crippen molar-refractivity contribution in [2.24, 2.45) is 7.05 Å². The molecule has 2 aromatic heterocycles. The molecule has 0 fully saturated rings. The number of hydrogen-bond donors (Lipinski definition) is 1. The summed E-state index contributed by atoms with van der Waals surface area (Å²) in [5, 5.41) is 5.18. The van der Waals surface area contributed by atoms with Crippen molar-refractivity contribution >= 4 is 50.9 Å². The minimum atomic E-state index is -0.441. The van der Waals surface area contributed by atoms with Gasteiger partial charge in [0.15, 0.2) is 5.16 Å². The van der Waals surface area contributed by atoms with Crippen LogP contribution in [-0.2, 0) is 16.6 Å². The topological polar surface area (TPSA) is 90.3 Å². The Morgan fingerprint density at radius 1 is 1.12 bits per heavy atom. The van der Waals surface area contributed by atoms with Crippen LogP contribution >= 0.6 is 23.1 Å². The average molecular weight is 466 g/mol. The van der Waals surface area contributed by atoms with Gasteiger partial charge in [0.05, 0.1) is 23.9 Å². The summed E-state index contributed by atoms with van der Waals surface area (Å²) in [5.41, 5.74) is 3.36. The van der Waals surface area contributed by atoms with E-state index in [2.05, 4.69) is 10.1 Å². The van der Waals surface area contributed by atoms with E-state index in [1.165, 1.54) is 34.8 Å². The number of thiophene rings is 1. The minimum Gasteiger partial charge on any atom is -0.465 e. The number of ether oxygens (including phenoxy) is 1. The fourth-order valence-electron chi connectivity index (χ4n) is 3.11. The lowest BCUT2D eigenvalue weighted by Crippen LogP contribution is -2.20. The number of carbonyl (C=O) groups is 2. The van der Waals surface area contributed by atoms with Gasteiger partial charge in [-0.25, -0.2) is 9.78 Å². The molecule has 0 aliphatic rings. The first-order chi connectivity index (χ1) is 15.5. The molecule has 4 rings (SSSR count). The maximum Gasteiger partial charge on any atom is 0.337 e. The number of fused-ring (bicyclic) bond motifs is 1. The van der Waals surface area contributed by atoms with E-state index in [1.54, 1.807) is 31.3 Å². The molecule has 0 radical (unpaired) electrons. The molecule has 0 spiro atoms. The van der Waals surface area contributed by atoms with Gasteiger partial charge in [0, 0.05) is 23.7 Å². The van der Waals surface area contributed by atoms with Crippen LogP contribution in [0.1, 0.15) is 10.4 Å². The molecule has 2 heterocycles. The normalized spacial score (nSPS) is 10.8. The van der Waals surface area contributed by atoms with Crippen molar-refractivity contribution in [3.8, 4) is 11.1 Å². The second-order valence-electron chi connectivity index (χ2n) is 6.86. The maximum absolute atomic E-state index is 12.8. The Labute approximate surface area is 192 Å². The van der Waals surface area contributed by atoms with Crippen LogP contribution in [-0.4, -0.2) is 34.3 Å². The van der Waals surface area contributed by atoms with Gasteiger partial charge >= 0.3 is 5.97 Å². The Morgan fingerprint density at radius 3 is 2.53 bits per heavy atom. The summed E-state index contributed by atoms with van der Waals surface area (Å²) in [6.45, 7) is 0. The van der Waals surface area contributed by atoms with Gasteiger partial charge < -0.3 is 10.1 Å². The molecule has 9 heteroatoms. The Kier molecular flexibility index (Phi) is 6.38. The van der Waals surface area contributed by atoms with Crippen molar-refractivity contribution in [1.82, 2.24) is 9.55 Å². The van der Waals surface area contributed by atoms with E-state index < -0.39 is 5.97 Å². The van der Waals surface area contributed by atoms with Crippen molar-refractivity contribution in [2.45, 2.75) is 5.16 Å². The van der Waals surface area contributed by atoms with Crippen LogP contribution in [0, 0.1) is 0 Å². The summed E-state index contributed by atoms with van der Waals surface area (Å²) in [6.07, 6.45) is 0. The van der Waals surface area contributed by atoms with E-state index in [4.69, 9.17) is 4.98 Å². The van der Waals surface area contributed by atoms with Gasteiger partial charge in [-0.3, -0.25) is 14.2 Å². The van der Waals surface area contributed by atoms with Crippen LogP contribution in [0.2, 0.25) is 0 Å². The predicted molar refractivity (Wildman–Crippen MR) is 127 cm³/mol. The van der Waals surface area contributed by atoms with E-state index in [0.29, 0.717) is 26.6 Å². The highest BCUT2D eigenvalue weighted by Crippen LogP contribution is 2.32. The molecule has 0 saturated heterocycles. The van der Waals surface area contributed by atoms with E-state index in [0.717, 1.165) is 11.1 Å². The second kappa shape index (κ2) is 9.37. The first kappa shape index (κ1) is 21.8. The molecule has 0 atom stereocenters. The SMILES string of the molecule is COC(=O)c1ccc(NC(=O)CSc2nc3c(-c4ccccc4)csc3c(=O)n2C)cc1. The maximum atomic E-state index is 12.8. The van der Waals surface area contributed by atoms with Crippen LogP contribution < -0.4 is 10.9 Å². The number of nitrogens with zero attached hydrogens (tertiary/aromatic N) is 2. The first-order valence-corrected chi connectivity index (χ1v) is 11.5. The zero-order chi connectivity index (χ0) is 22.7. The molecule has 0 unspecified atom stereocenters. The summed E-state index contributed by atoms with van der Waals surface area (Å²) in [4.78, 5) is 41.4. The number of carbonyl (C=O) groups excluding carboxylic acids is 2. The molecule has 0 aliphatic carbocycles. The standard InChI is InChI=1S/C23H19N3O4S2/c1-26-21(28)20-19(17(12-31-20)14-6-4-3-5-7-14)25-23(26)32-13-18(27)24-16-10-8-15(9-11-16)22(29)30-2/h3-12H,13H2,1-2H3,(H,24,27). The third kappa shape index (κ3) is 4.44. The Bertz CT molecular complexity index is 1350. The zero-order valence-electron chi connectivity index (χ0n) is 17.3. The third-order valence-corrected chi connectivity index (χ3v) is 6.75. The lowest BCUT2D eigenvalue weighted by Gasteiger charge is -2.09. The number of rotatable bonds is 6. The number of thioether (sulfide) groups is 1. The summed E-state index contributed by atoms with van der Waals surface area (Å²) < 4.78 is 6.72. The summed E-state index contributed by atoms with van der Waals surface area (Å²) >= 11 is 2.56. The molecule has 162 valence electrons. The third-order valence-electron chi connectivity index (χ3n) is 4.76. The lowest BCUT2D eigenvalue weighted by molar-refractivity contribution is -0.113. The van der Waals surface area contributed by atoms with Gasteiger partial charge in [0.25, 0.3) is 5.56 Å². The van der Waals surface area contributed by atoms with E-state index in [-0.39, 0.29) is 17.2 Å². The van der Waals surface area contributed by atoms with Crippen LogP contribution in [0.5, 0.6) is 0 Å². The van der Waals surface area contributed by atoms with E-state index in [9.17, 15) is 14.4 Å². The van der Waals surface area contributed by atoms with Crippen molar-refractivity contribution in [2.75, 3.05) is 18.2 Å². The van der Waals surface area contributed by atoms with Crippen molar-refractivity contribution in [1.29, 1.82) is 0 Å². The Morgan fingerprint density at radius 2 is 1.84 bits per heavy atom.